The second-order valence-electron chi connectivity index (χ2n) is 4.29. The number of methoxy groups -OCH3 is 2. The number of nitrogens with one attached hydrogen (secondary N) is 1. The SMILES string of the molecule is COc1ccc(Br)c(CNCC(C)C)c1OC. The van der Waals surface area contributed by atoms with Gasteiger partial charge in [0.25, 0.3) is 0 Å². The molecule has 1 rings (SSSR count). The predicted octanol–water partition coefficient (Wildman–Crippen LogP) is 3.21. The third-order valence-electron chi connectivity index (χ3n) is 2.45. The summed E-state index contributed by atoms with van der Waals surface area (Å²) in [7, 11) is 3.31. The molecule has 0 aromatic heterocycles. The van der Waals surface area contributed by atoms with E-state index < -0.39 is 0 Å². The lowest BCUT2D eigenvalue weighted by Gasteiger charge is -2.15. The molecular weight excluding hydrogens is 282 g/mol. The molecule has 0 atom stereocenters. The van der Waals surface area contributed by atoms with Crippen LogP contribution in [0.15, 0.2) is 16.6 Å². The van der Waals surface area contributed by atoms with Gasteiger partial charge in [0, 0.05) is 16.6 Å². The highest BCUT2D eigenvalue weighted by Crippen LogP contribution is 2.35. The van der Waals surface area contributed by atoms with Crippen molar-refractivity contribution in [3.05, 3.63) is 22.2 Å². The molecule has 0 heterocycles. The highest BCUT2D eigenvalue weighted by Gasteiger charge is 2.13. The van der Waals surface area contributed by atoms with Crippen LogP contribution in [0.25, 0.3) is 0 Å². The second kappa shape index (κ2) is 6.87. The van der Waals surface area contributed by atoms with E-state index in [0.717, 1.165) is 34.6 Å². The number of halogens is 1. The topological polar surface area (TPSA) is 30.5 Å². The lowest BCUT2D eigenvalue weighted by Crippen LogP contribution is -2.19. The molecule has 0 aliphatic heterocycles. The van der Waals surface area contributed by atoms with E-state index in [1.54, 1.807) is 14.2 Å². The van der Waals surface area contributed by atoms with Crippen molar-refractivity contribution in [1.82, 2.24) is 5.32 Å². The molecule has 0 saturated carbocycles. The zero-order valence-corrected chi connectivity index (χ0v) is 12.4. The summed E-state index contributed by atoms with van der Waals surface area (Å²) in [6.45, 7) is 6.11. The normalized spacial score (nSPS) is 10.7. The Morgan fingerprint density at radius 1 is 1.24 bits per heavy atom. The van der Waals surface area contributed by atoms with Gasteiger partial charge in [-0.2, -0.15) is 0 Å². The van der Waals surface area contributed by atoms with E-state index in [1.807, 2.05) is 12.1 Å². The van der Waals surface area contributed by atoms with Gasteiger partial charge in [-0.15, -0.1) is 0 Å². The number of rotatable bonds is 6. The second-order valence-corrected chi connectivity index (χ2v) is 5.14. The molecule has 0 unspecified atom stereocenters. The number of ether oxygens (including phenoxy) is 2. The van der Waals surface area contributed by atoms with Crippen LogP contribution in [0.4, 0.5) is 0 Å². The molecular formula is C13H20BrNO2. The summed E-state index contributed by atoms with van der Waals surface area (Å²) in [6, 6.07) is 3.88. The maximum Gasteiger partial charge on any atom is 0.166 e. The van der Waals surface area contributed by atoms with Gasteiger partial charge in [0.2, 0.25) is 0 Å². The summed E-state index contributed by atoms with van der Waals surface area (Å²) in [6.07, 6.45) is 0. The fraction of sp³-hybridized carbons (Fsp3) is 0.538. The van der Waals surface area contributed by atoms with E-state index in [-0.39, 0.29) is 0 Å². The zero-order chi connectivity index (χ0) is 12.8. The average molecular weight is 302 g/mol. The lowest BCUT2D eigenvalue weighted by molar-refractivity contribution is 0.350. The average Bonchev–Trinajstić information content (AvgIpc) is 2.30. The first-order chi connectivity index (χ1) is 8.10. The van der Waals surface area contributed by atoms with Crippen molar-refractivity contribution in [2.45, 2.75) is 20.4 Å². The van der Waals surface area contributed by atoms with Crippen LogP contribution in [0.2, 0.25) is 0 Å². The Hall–Kier alpha value is -0.740. The van der Waals surface area contributed by atoms with Crippen molar-refractivity contribution >= 4 is 15.9 Å². The van der Waals surface area contributed by atoms with Crippen molar-refractivity contribution < 1.29 is 9.47 Å². The largest absolute Gasteiger partial charge is 0.493 e. The van der Waals surface area contributed by atoms with Crippen molar-refractivity contribution in [1.29, 1.82) is 0 Å². The molecule has 4 heteroatoms. The van der Waals surface area contributed by atoms with Gasteiger partial charge in [-0.1, -0.05) is 29.8 Å². The molecule has 1 aromatic rings. The third kappa shape index (κ3) is 3.89. The molecule has 3 nitrogen and oxygen atoms in total. The van der Waals surface area contributed by atoms with Gasteiger partial charge >= 0.3 is 0 Å². The van der Waals surface area contributed by atoms with Gasteiger partial charge in [-0.25, -0.2) is 0 Å². The van der Waals surface area contributed by atoms with E-state index >= 15 is 0 Å². The Labute approximate surface area is 112 Å². The van der Waals surface area contributed by atoms with Crippen molar-refractivity contribution in [2.24, 2.45) is 5.92 Å². The van der Waals surface area contributed by atoms with Crippen LogP contribution in [-0.4, -0.2) is 20.8 Å². The summed E-state index contributed by atoms with van der Waals surface area (Å²) in [5, 5.41) is 3.40. The van der Waals surface area contributed by atoms with E-state index in [2.05, 4.69) is 35.1 Å². The van der Waals surface area contributed by atoms with Crippen LogP contribution in [-0.2, 0) is 6.54 Å². The van der Waals surface area contributed by atoms with Crippen LogP contribution >= 0.6 is 15.9 Å². The molecule has 0 spiro atoms. The van der Waals surface area contributed by atoms with Crippen molar-refractivity contribution in [3.63, 3.8) is 0 Å². The molecule has 0 amide bonds. The Morgan fingerprint density at radius 3 is 2.47 bits per heavy atom. The lowest BCUT2D eigenvalue weighted by atomic mass is 10.1. The minimum absolute atomic E-state index is 0.630. The first-order valence-corrected chi connectivity index (χ1v) is 6.49. The van der Waals surface area contributed by atoms with E-state index in [1.165, 1.54) is 0 Å². The highest BCUT2D eigenvalue weighted by molar-refractivity contribution is 9.10. The molecule has 96 valence electrons. The smallest absolute Gasteiger partial charge is 0.166 e. The molecule has 0 saturated heterocycles. The number of hydrogen-bond acceptors (Lipinski definition) is 3. The van der Waals surface area contributed by atoms with E-state index in [4.69, 9.17) is 9.47 Å². The summed E-state index contributed by atoms with van der Waals surface area (Å²) < 4.78 is 11.7. The van der Waals surface area contributed by atoms with Gasteiger partial charge in [0.05, 0.1) is 14.2 Å². The minimum atomic E-state index is 0.630. The Balaban J connectivity index is 2.87. The Bertz CT molecular complexity index is 367. The quantitative estimate of drug-likeness (QED) is 0.875. The molecule has 17 heavy (non-hydrogen) atoms. The van der Waals surface area contributed by atoms with E-state index in [9.17, 15) is 0 Å². The summed E-state index contributed by atoms with van der Waals surface area (Å²) in [5.74, 6) is 2.18. The fourth-order valence-electron chi connectivity index (χ4n) is 1.62. The summed E-state index contributed by atoms with van der Waals surface area (Å²) in [5.41, 5.74) is 1.09. The summed E-state index contributed by atoms with van der Waals surface area (Å²) >= 11 is 3.54. The zero-order valence-electron chi connectivity index (χ0n) is 10.8. The third-order valence-corrected chi connectivity index (χ3v) is 3.19. The molecule has 0 bridgehead atoms. The maximum absolute atomic E-state index is 5.41. The predicted molar refractivity (Wildman–Crippen MR) is 73.8 cm³/mol. The van der Waals surface area contributed by atoms with Crippen LogP contribution in [0.5, 0.6) is 11.5 Å². The van der Waals surface area contributed by atoms with Gasteiger partial charge in [-0.05, 0) is 24.6 Å². The maximum atomic E-state index is 5.41. The first-order valence-electron chi connectivity index (χ1n) is 5.70. The molecule has 1 aromatic carbocycles. The first kappa shape index (κ1) is 14.3. The standard InChI is InChI=1S/C13H20BrNO2/c1-9(2)7-15-8-10-11(14)5-6-12(16-3)13(10)17-4/h5-6,9,15H,7-8H2,1-4H3. The van der Waals surface area contributed by atoms with Gasteiger partial charge in [-0.3, -0.25) is 0 Å². The van der Waals surface area contributed by atoms with Crippen molar-refractivity contribution in [3.8, 4) is 11.5 Å². The molecule has 0 radical (unpaired) electrons. The van der Waals surface area contributed by atoms with Gasteiger partial charge < -0.3 is 14.8 Å². The fourth-order valence-corrected chi connectivity index (χ4v) is 2.07. The van der Waals surface area contributed by atoms with Gasteiger partial charge in [0.1, 0.15) is 0 Å². The Kier molecular flexibility index (Phi) is 5.78. The molecule has 0 fully saturated rings. The summed E-state index contributed by atoms with van der Waals surface area (Å²) in [4.78, 5) is 0. The van der Waals surface area contributed by atoms with E-state index in [0.29, 0.717) is 5.92 Å². The van der Waals surface area contributed by atoms with Gasteiger partial charge in [0.15, 0.2) is 11.5 Å². The number of hydrogen-bond donors (Lipinski definition) is 1. The number of benzene rings is 1. The van der Waals surface area contributed by atoms with Crippen LogP contribution in [0.3, 0.4) is 0 Å². The highest BCUT2D eigenvalue weighted by atomic mass is 79.9. The van der Waals surface area contributed by atoms with Crippen LogP contribution in [0, 0.1) is 5.92 Å². The van der Waals surface area contributed by atoms with Crippen LogP contribution in [0.1, 0.15) is 19.4 Å². The monoisotopic (exact) mass is 301 g/mol. The van der Waals surface area contributed by atoms with Crippen molar-refractivity contribution in [2.75, 3.05) is 20.8 Å². The minimum Gasteiger partial charge on any atom is -0.493 e. The molecule has 0 aliphatic rings. The molecule has 0 aliphatic carbocycles. The van der Waals surface area contributed by atoms with Crippen LogP contribution < -0.4 is 14.8 Å². The molecule has 1 N–H and O–H groups in total. The Morgan fingerprint density at radius 2 is 1.94 bits per heavy atom.